The molecule has 0 aromatic heterocycles. The zero-order valence-corrected chi connectivity index (χ0v) is 8.28. The van der Waals surface area contributed by atoms with Gasteiger partial charge >= 0.3 is 7.12 Å². The molecule has 2 N–H and O–H groups in total. The molecule has 0 saturated heterocycles. The van der Waals surface area contributed by atoms with Crippen LogP contribution in [0, 0.1) is 5.41 Å². The molecular formula is C10H15BO2. The first-order chi connectivity index (χ1) is 5.93. The maximum Gasteiger partial charge on any atom is 0.488 e. The van der Waals surface area contributed by atoms with Crippen LogP contribution >= 0.6 is 0 Å². The van der Waals surface area contributed by atoms with Crippen LogP contribution in [0.15, 0.2) is 35.3 Å². The van der Waals surface area contributed by atoms with E-state index in [9.17, 15) is 0 Å². The second-order valence-electron chi connectivity index (χ2n) is 3.95. The lowest BCUT2D eigenvalue weighted by Crippen LogP contribution is -2.17. The minimum absolute atomic E-state index is 0.109. The Morgan fingerprint density at radius 3 is 2.46 bits per heavy atom. The Hall–Kier alpha value is -0.795. The number of hydrogen-bond acceptors (Lipinski definition) is 2. The minimum Gasteiger partial charge on any atom is -0.423 e. The zero-order chi connectivity index (χ0) is 10.1. The molecule has 0 radical (unpaired) electrons. The first-order valence-corrected chi connectivity index (χ1v) is 4.38. The lowest BCUT2D eigenvalue weighted by molar-refractivity contribution is 0.419. The standard InChI is InChI=1S/C10H15BO2/c1-8-5-4-6-9(11(12)13)7-10(8,2)3/h4-7,12-13H,1-3H3. The Morgan fingerprint density at radius 2 is 1.92 bits per heavy atom. The lowest BCUT2D eigenvalue weighted by Gasteiger charge is -2.21. The van der Waals surface area contributed by atoms with Crippen molar-refractivity contribution in [3.8, 4) is 0 Å². The van der Waals surface area contributed by atoms with Crippen LogP contribution in [0.3, 0.4) is 0 Å². The molecule has 0 spiro atoms. The molecule has 13 heavy (non-hydrogen) atoms. The van der Waals surface area contributed by atoms with Crippen LogP contribution in [-0.4, -0.2) is 17.2 Å². The van der Waals surface area contributed by atoms with E-state index in [0.29, 0.717) is 5.47 Å². The highest BCUT2D eigenvalue weighted by molar-refractivity contribution is 6.51. The summed E-state index contributed by atoms with van der Waals surface area (Å²) in [4.78, 5) is 0. The van der Waals surface area contributed by atoms with Gasteiger partial charge in [0.2, 0.25) is 0 Å². The van der Waals surface area contributed by atoms with Crippen molar-refractivity contribution >= 4 is 7.12 Å². The largest absolute Gasteiger partial charge is 0.488 e. The molecule has 0 atom stereocenters. The Labute approximate surface area is 79.4 Å². The summed E-state index contributed by atoms with van der Waals surface area (Å²) >= 11 is 0. The highest BCUT2D eigenvalue weighted by Crippen LogP contribution is 2.31. The predicted octanol–water partition coefficient (Wildman–Crippen LogP) is 1.47. The third kappa shape index (κ3) is 2.33. The van der Waals surface area contributed by atoms with Crippen LogP contribution in [-0.2, 0) is 0 Å². The molecule has 0 bridgehead atoms. The normalized spacial score (nSPS) is 20.4. The van der Waals surface area contributed by atoms with Crippen LogP contribution in [0.1, 0.15) is 20.8 Å². The van der Waals surface area contributed by atoms with Gasteiger partial charge in [-0.1, -0.05) is 43.7 Å². The summed E-state index contributed by atoms with van der Waals surface area (Å²) in [6, 6.07) is 0. The van der Waals surface area contributed by atoms with Gasteiger partial charge in [-0.25, -0.2) is 0 Å². The quantitative estimate of drug-likeness (QED) is 0.597. The first kappa shape index (κ1) is 10.3. The van der Waals surface area contributed by atoms with E-state index in [2.05, 4.69) is 0 Å². The summed E-state index contributed by atoms with van der Waals surface area (Å²) in [5.74, 6) is 0. The molecule has 0 aromatic rings. The van der Waals surface area contributed by atoms with Crippen LogP contribution in [0.25, 0.3) is 0 Å². The summed E-state index contributed by atoms with van der Waals surface area (Å²) < 4.78 is 0. The Bertz CT molecular complexity index is 285. The zero-order valence-electron chi connectivity index (χ0n) is 8.28. The van der Waals surface area contributed by atoms with Gasteiger partial charge in [0.05, 0.1) is 0 Å². The van der Waals surface area contributed by atoms with Crippen molar-refractivity contribution in [3.05, 3.63) is 35.3 Å². The van der Waals surface area contributed by atoms with Crippen molar-refractivity contribution in [2.45, 2.75) is 20.8 Å². The second kappa shape index (κ2) is 3.52. The average Bonchev–Trinajstić information content (AvgIpc) is 2.12. The van der Waals surface area contributed by atoms with E-state index in [1.165, 1.54) is 5.57 Å². The molecule has 0 aliphatic heterocycles. The highest BCUT2D eigenvalue weighted by atomic mass is 16.4. The van der Waals surface area contributed by atoms with E-state index >= 15 is 0 Å². The minimum atomic E-state index is -1.38. The summed E-state index contributed by atoms with van der Waals surface area (Å²) in [5, 5.41) is 18.1. The fourth-order valence-corrected chi connectivity index (χ4v) is 1.26. The van der Waals surface area contributed by atoms with E-state index in [4.69, 9.17) is 10.0 Å². The van der Waals surface area contributed by atoms with E-state index in [0.717, 1.165) is 0 Å². The van der Waals surface area contributed by atoms with Crippen LogP contribution in [0.4, 0.5) is 0 Å². The van der Waals surface area contributed by atoms with Crippen molar-refractivity contribution in [1.29, 1.82) is 0 Å². The molecule has 0 amide bonds. The predicted molar refractivity (Wildman–Crippen MR) is 55.0 cm³/mol. The molecule has 0 aromatic carbocycles. The van der Waals surface area contributed by atoms with Gasteiger partial charge in [0.1, 0.15) is 0 Å². The summed E-state index contributed by atoms with van der Waals surface area (Å²) in [7, 11) is -1.38. The fourth-order valence-electron chi connectivity index (χ4n) is 1.26. The molecular weight excluding hydrogens is 163 g/mol. The SMILES string of the molecule is CC1=CC=CC(B(O)O)=CC1(C)C. The Kier molecular flexibility index (Phi) is 2.79. The summed E-state index contributed by atoms with van der Waals surface area (Å²) in [6.45, 7) is 6.13. The van der Waals surface area contributed by atoms with Gasteiger partial charge in [-0.2, -0.15) is 0 Å². The smallest absolute Gasteiger partial charge is 0.423 e. The van der Waals surface area contributed by atoms with E-state index < -0.39 is 7.12 Å². The molecule has 0 unspecified atom stereocenters. The van der Waals surface area contributed by atoms with Gasteiger partial charge in [-0.05, 0) is 12.4 Å². The maximum atomic E-state index is 9.03. The van der Waals surface area contributed by atoms with E-state index in [1.54, 1.807) is 6.08 Å². The van der Waals surface area contributed by atoms with Gasteiger partial charge in [-0.3, -0.25) is 0 Å². The van der Waals surface area contributed by atoms with Crippen molar-refractivity contribution in [2.24, 2.45) is 5.41 Å². The van der Waals surface area contributed by atoms with Gasteiger partial charge in [0.15, 0.2) is 0 Å². The molecule has 1 aliphatic rings. The summed E-state index contributed by atoms with van der Waals surface area (Å²) in [6.07, 6.45) is 7.44. The van der Waals surface area contributed by atoms with Crippen LogP contribution < -0.4 is 0 Å². The van der Waals surface area contributed by atoms with Crippen LogP contribution in [0.5, 0.6) is 0 Å². The maximum absolute atomic E-state index is 9.03. The number of hydrogen-bond donors (Lipinski definition) is 2. The van der Waals surface area contributed by atoms with Crippen LogP contribution in [0.2, 0.25) is 0 Å². The van der Waals surface area contributed by atoms with E-state index in [-0.39, 0.29) is 5.41 Å². The summed E-state index contributed by atoms with van der Waals surface area (Å²) in [5.41, 5.74) is 1.65. The van der Waals surface area contributed by atoms with Gasteiger partial charge in [-0.15, -0.1) is 0 Å². The number of rotatable bonds is 1. The highest BCUT2D eigenvalue weighted by Gasteiger charge is 2.22. The van der Waals surface area contributed by atoms with E-state index in [1.807, 2.05) is 39.0 Å². The van der Waals surface area contributed by atoms with Gasteiger partial charge in [0, 0.05) is 5.41 Å². The molecule has 3 heteroatoms. The molecule has 0 fully saturated rings. The Morgan fingerprint density at radius 1 is 1.31 bits per heavy atom. The third-order valence-electron chi connectivity index (χ3n) is 2.48. The molecule has 0 saturated carbocycles. The number of allylic oxidation sites excluding steroid dienone is 6. The Balaban J connectivity index is 3.06. The molecule has 1 rings (SSSR count). The van der Waals surface area contributed by atoms with Crippen molar-refractivity contribution in [3.63, 3.8) is 0 Å². The van der Waals surface area contributed by atoms with Crippen molar-refractivity contribution < 1.29 is 10.0 Å². The first-order valence-electron chi connectivity index (χ1n) is 4.38. The molecule has 0 heterocycles. The molecule has 70 valence electrons. The van der Waals surface area contributed by atoms with Gasteiger partial charge in [0.25, 0.3) is 0 Å². The lowest BCUT2D eigenvalue weighted by atomic mass is 9.74. The monoisotopic (exact) mass is 178 g/mol. The van der Waals surface area contributed by atoms with Crippen molar-refractivity contribution in [2.75, 3.05) is 0 Å². The fraction of sp³-hybridized carbons (Fsp3) is 0.400. The van der Waals surface area contributed by atoms with Gasteiger partial charge < -0.3 is 10.0 Å². The molecule has 1 aliphatic carbocycles. The second-order valence-corrected chi connectivity index (χ2v) is 3.95. The van der Waals surface area contributed by atoms with Crippen molar-refractivity contribution in [1.82, 2.24) is 0 Å². The third-order valence-corrected chi connectivity index (χ3v) is 2.48. The average molecular weight is 178 g/mol. The topological polar surface area (TPSA) is 40.5 Å². The molecule has 2 nitrogen and oxygen atoms in total.